The number of nitrogens with one attached hydrogen (secondary N) is 1. The van der Waals surface area contributed by atoms with E-state index in [1.165, 1.54) is 24.3 Å². The van der Waals surface area contributed by atoms with Crippen molar-refractivity contribution >= 4 is 45.4 Å². The van der Waals surface area contributed by atoms with Crippen molar-refractivity contribution in [1.29, 1.82) is 0 Å². The molecule has 3 aromatic carbocycles. The van der Waals surface area contributed by atoms with E-state index < -0.39 is 23.5 Å². The molecule has 3 N–H and O–H groups in total. The van der Waals surface area contributed by atoms with E-state index >= 15 is 0 Å². The number of aryl methyl sites for hydroxylation is 1. The number of carbonyl (C=O) groups is 2. The van der Waals surface area contributed by atoms with Crippen LogP contribution in [0, 0.1) is 6.92 Å². The van der Waals surface area contributed by atoms with E-state index in [0.29, 0.717) is 27.1 Å². The second-order valence-corrected chi connectivity index (χ2v) is 9.04. The fraction of sp³-hybridized carbons (Fsp3) is 0.107. The van der Waals surface area contributed by atoms with Gasteiger partial charge in [0.1, 0.15) is 16.9 Å². The van der Waals surface area contributed by atoms with E-state index in [4.69, 9.17) is 20.4 Å². The number of phenolic OH excluding ortho intramolecular Hbond substituents is 1. The van der Waals surface area contributed by atoms with Crippen LogP contribution in [0.1, 0.15) is 22.7 Å². The molecule has 9 heteroatoms. The number of carboxylic acid groups (broad SMARTS) is 1. The maximum atomic E-state index is 12.8. The highest BCUT2D eigenvalue weighted by molar-refractivity contribution is 6.30. The van der Waals surface area contributed by atoms with Gasteiger partial charge < -0.3 is 24.4 Å². The molecule has 0 radical (unpaired) electrons. The Kier molecular flexibility index (Phi) is 6.19. The maximum absolute atomic E-state index is 12.8. The molecule has 0 saturated carbocycles. The van der Waals surface area contributed by atoms with Crippen LogP contribution in [-0.2, 0) is 16.0 Å². The van der Waals surface area contributed by atoms with Crippen molar-refractivity contribution in [1.82, 2.24) is 5.32 Å². The molecular formula is C28H20ClNO7. The smallest absolute Gasteiger partial charge is 0.340 e. The van der Waals surface area contributed by atoms with Gasteiger partial charge in [-0.05, 0) is 53.9 Å². The van der Waals surface area contributed by atoms with E-state index in [9.17, 15) is 24.6 Å². The number of fused-ring (bicyclic) bond motifs is 2. The molecule has 5 rings (SSSR count). The summed E-state index contributed by atoms with van der Waals surface area (Å²) in [6, 6.07) is 14.9. The van der Waals surface area contributed by atoms with E-state index in [-0.39, 0.29) is 23.3 Å². The molecule has 186 valence electrons. The molecule has 0 aliphatic carbocycles. The second kappa shape index (κ2) is 9.48. The maximum Gasteiger partial charge on any atom is 0.340 e. The van der Waals surface area contributed by atoms with Crippen molar-refractivity contribution in [3.8, 4) is 16.9 Å². The minimum atomic E-state index is -1.35. The first-order valence-electron chi connectivity index (χ1n) is 11.3. The minimum absolute atomic E-state index is 0.0328. The standard InChI is InChI=1S/C28H20ClNO7/c1-14-19-10-21-22(15-2-6-17(29)7-3-15)13-36-23(21)12-24(19)37-28(35)20(14)11-25(32)30-26(27(33)34)16-4-8-18(31)9-5-16/h2-10,12-13,26,31H,11H2,1H3,(H,30,32)(H,33,34). The Balaban J connectivity index is 1.50. The number of benzene rings is 3. The van der Waals surface area contributed by atoms with Crippen molar-refractivity contribution < 1.29 is 28.6 Å². The number of amides is 1. The van der Waals surface area contributed by atoms with Crippen LogP contribution in [0.2, 0.25) is 5.02 Å². The minimum Gasteiger partial charge on any atom is -0.508 e. The lowest BCUT2D eigenvalue weighted by molar-refractivity contribution is -0.142. The zero-order valence-corrected chi connectivity index (χ0v) is 20.2. The largest absolute Gasteiger partial charge is 0.508 e. The van der Waals surface area contributed by atoms with Gasteiger partial charge >= 0.3 is 11.6 Å². The van der Waals surface area contributed by atoms with Gasteiger partial charge in [-0.3, -0.25) is 4.79 Å². The van der Waals surface area contributed by atoms with Crippen molar-refractivity contribution in [2.75, 3.05) is 0 Å². The first kappa shape index (κ1) is 24.1. The highest BCUT2D eigenvalue weighted by Crippen LogP contribution is 2.35. The summed E-state index contributed by atoms with van der Waals surface area (Å²) in [5, 5.41) is 23.5. The van der Waals surface area contributed by atoms with Gasteiger partial charge in [0.25, 0.3) is 0 Å². The molecule has 5 aromatic rings. The molecule has 37 heavy (non-hydrogen) atoms. The summed E-state index contributed by atoms with van der Waals surface area (Å²) < 4.78 is 11.2. The molecule has 0 fully saturated rings. The first-order valence-corrected chi connectivity index (χ1v) is 11.6. The third kappa shape index (κ3) is 4.66. The molecule has 2 heterocycles. The highest BCUT2D eigenvalue weighted by Gasteiger charge is 2.24. The summed E-state index contributed by atoms with van der Waals surface area (Å²) in [6.45, 7) is 1.71. The predicted octanol–water partition coefficient (Wildman–Crippen LogP) is 5.36. The van der Waals surface area contributed by atoms with E-state index in [2.05, 4.69) is 5.32 Å². The molecule has 0 spiro atoms. The molecule has 0 aliphatic heterocycles. The molecular weight excluding hydrogens is 498 g/mol. The van der Waals surface area contributed by atoms with Crippen LogP contribution >= 0.6 is 11.6 Å². The van der Waals surface area contributed by atoms with Gasteiger partial charge in [-0.25, -0.2) is 9.59 Å². The Labute approximate surface area is 214 Å². The number of hydrogen-bond acceptors (Lipinski definition) is 6. The summed E-state index contributed by atoms with van der Waals surface area (Å²) in [7, 11) is 0. The van der Waals surface area contributed by atoms with Crippen LogP contribution in [0.15, 0.2) is 80.6 Å². The number of aliphatic carboxylic acids is 1. The van der Waals surface area contributed by atoms with E-state index in [1.54, 1.807) is 31.4 Å². The molecule has 0 bridgehead atoms. The molecule has 0 saturated heterocycles. The molecule has 1 atom stereocenters. The molecule has 0 aliphatic rings. The normalized spacial score (nSPS) is 12.1. The molecule has 8 nitrogen and oxygen atoms in total. The third-order valence-corrected chi connectivity index (χ3v) is 6.50. The number of hydrogen-bond donors (Lipinski definition) is 3. The SMILES string of the molecule is Cc1c(CC(=O)NC(C(=O)O)c2ccc(O)cc2)c(=O)oc2cc3occ(-c4ccc(Cl)cc4)c3cc12. The van der Waals surface area contributed by atoms with Gasteiger partial charge in [0.15, 0.2) is 6.04 Å². The first-order chi connectivity index (χ1) is 17.7. The zero-order chi connectivity index (χ0) is 26.3. The van der Waals surface area contributed by atoms with Gasteiger partial charge in [-0.15, -0.1) is 0 Å². The Morgan fingerprint density at radius 1 is 1.00 bits per heavy atom. The van der Waals surface area contributed by atoms with Crippen LogP contribution in [0.3, 0.4) is 0 Å². The highest BCUT2D eigenvalue weighted by atomic mass is 35.5. The lowest BCUT2D eigenvalue weighted by atomic mass is 9.99. The third-order valence-electron chi connectivity index (χ3n) is 6.25. The summed E-state index contributed by atoms with van der Waals surface area (Å²) in [5.41, 5.74) is 2.81. The van der Waals surface area contributed by atoms with Gasteiger partial charge in [0, 0.05) is 27.4 Å². The van der Waals surface area contributed by atoms with Crippen molar-refractivity contribution in [3.63, 3.8) is 0 Å². The zero-order valence-electron chi connectivity index (χ0n) is 19.4. The van der Waals surface area contributed by atoms with Crippen LogP contribution in [0.4, 0.5) is 0 Å². The van der Waals surface area contributed by atoms with E-state index in [0.717, 1.165) is 16.5 Å². The number of phenols is 1. The molecule has 2 aromatic heterocycles. The molecule has 1 unspecified atom stereocenters. The van der Waals surface area contributed by atoms with Crippen molar-refractivity contribution in [2.24, 2.45) is 0 Å². The number of halogens is 1. The average Bonchev–Trinajstić information content (AvgIpc) is 3.28. The monoisotopic (exact) mass is 517 g/mol. The summed E-state index contributed by atoms with van der Waals surface area (Å²) in [6.07, 6.45) is 1.24. The average molecular weight is 518 g/mol. The number of aromatic hydroxyl groups is 1. The van der Waals surface area contributed by atoms with Gasteiger partial charge in [0.2, 0.25) is 5.91 Å². The predicted molar refractivity (Wildman–Crippen MR) is 138 cm³/mol. The number of furan rings is 1. The van der Waals surface area contributed by atoms with Gasteiger partial charge in [-0.2, -0.15) is 0 Å². The Morgan fingerprint density at radius 2 is 1.70 bits per heavy atom. The number of rotatable bonds is 6. The second-order valence-electron chi connectivity index (χ2n) is 8.60. The van der Waals surface area contributed by atoms with Crippen LogP contribution in [0.5, 0.6) is 5.75 Å². The van der Waals surface area contributed by atoms with Crippen molar-refractivity contribution in [3.05, 3.63) is 99.1 Å². The Bertz CT molecular complexity index is 1720. The molecule has 1 amide bonds. The van der Waals surface area contributed by atoms with Crippen LogP contribution in [-0.4, -0.2) is 22.1 Å². The topological polar surface area (TPSA) is 130 Å². The number of carboxylic acids is 1. The van der Waals surface area contributed by atoms with Gasteiger partial charge in [-0.1, -0.05) is 35.9 Å². The lowest BCUT2D eigenvalue weighted by Gasteiger charge is -2.15. The van der Waals surface area contributed by atoms with E-state index in [1.807, 2.05) is 18.2 Å². The van der Waals surface area contributed by atoms with Crippen molar-refractivity contribution in [2.45, 2.75) is 19.4 Å². The lowest BCUT2D eigenvalue weighted by Crippen LogP contribution is -2.35. The fourth-order valence-electron chi connectivity index (χ4n) is 4.29. The summed E-state index contributed by atoms with van der Waals surface area (Å²) in [4.78, 5) is 37.4. The number of carbonyl (C=O) groups excluding carboxylic acids is 1. The quantitative estimate of drug-likeness (QED) is 0.258. The Morgan fingerprint density at radius 3 is 2.38 bits per heavy atom. The summed E-state index contributed by atoms with van der Waals surface area (Å²) >= 11 is 6.01. The summed E-state index contributed by atoms with van der Waals surface area (Å²) in [5.74, 6) is -1.98. The Hall–Kier alpha value is -4.56. The fourth-order valence-corrected chi connectivity index (χ4v) is 4.42. The van der Waals surface area contributed by atoms with Crippen LogP contribution in [0.25, 0.3) is 33.1 Å². The van der Waals surface area contributed by atoms with Gasteiger partial charge in [0.05, 0.1) is 18.2 Å². The van der Waals surface area contributed by atoms with Crippen LogP contribution < -0.4 is 10.9 Å².